The van der Waals surface area contributed by atoms with Crippen LogP contribution in [0.5, 0.6) is 5.75 Å². The average molecular weight is 474 g/mol. The van der Waals surface area contributed by atoms with Gasteiger partial charge in [-0.1, -0.05) is 79.1 Å². The zero-order chi connectivity index (χ0) is 25.0. The van der Waals surface area contributed by atoms with Crippen LogP contribution < -0.4 is 10.1 Å². The van der Waals surface area contributed by atoms with E-state index in [-0.39, 0.29) is 5.91 Å². The Morgan fingerprint density at radius 1 is 1.03 bits per heavy atom. The van der Waals surface area contributed by atoms with Gasteiger partial charge in [0.25, 0.3) is 0 Å². The van der Waals surface area contributed by atoms with E-state index in [4.69, 9.17) is 4.74 Å². The summed E-state index contributed by atoms with van der Waals surface area (Å²) in [5.74, 6) is 1.96. The van der Waals surface area contributed by atoms with E-state index in [1.54, 1.807) is 0 Å². The van der Waals surface area contributed by atoms with Crippen molar-refractivity contribution in [2.75, 3.05) is 6.61 Å². The van der Waals surface area contributed by atoms with E-state index in [0.29, 0.717) is 31.4 Å². The highest BCUT2D eigenvalue weighted by atomic mass is 16.5. The van der Waals surface area contributed by atoms with Crippen LogP contribution in [0.1, 0.15) is 76.0 Å². The Balaban J connectivity index is 1.61. The summed E-state index contributed by atoms with van der Waals surface area (Å²) < 4.78 is 5.76. The predicted molar refractivity (Wildman–Crippen MR) is 147 cm³/mol. The second kappa shape index (κ2) is 13.9. The van der Waals surface area contributed by atoms with Gasteiger partial charge < -0.3 is 10.1 Å². The Morgan fingerprint density at radius 2 is 1.74 bits per heavy atom. The molecular weight excluding hydrogens is 430 g/mol. The summed E-state index contributed by atoms with van der Waals surface area (Å²) in [6.45, 7) is 9.89. The Labute approximate surface area is 212 Å². The summed E-state index contributed by atoms with van der Waals surface area (Å²) >= 11 is 0. The Morgan fingerprint density at radius 3 is 2.46 bits per heavy atom. The first-order valence-corrected chi connectivity index (χ1v) is 13.3. The van der Waals surface area contributed by atoms with E-state index < -0.39 is 0 Å². The van der Waals surface area contributed by atoms with Crippen LogP contribution in [0.25, 0.3) is 0 Å². The van der Waals surface area contributed by atoms with E-state index in [1.165, 1.54) is 35.1 Å². The molecule has 1 aliphatic rings. The lowest BCUT2D eigenvalue weighted by Crippen LogP contribution is -2.24. The Bertz CT molecular complexity index is 983. The maximum Gasteiger partial charge on any atom is 0.224 e. The highest BCUT2D eigenvalue weighted by Gasteiger charge is 2.18. The largest absolute Gasteiger partial charge is 0.493 e. The van der Waals surface area contributed by atoms with Gasteiger partial charge in [-0.25, -0.2) is 0 Å². The number of rotatable bonds is 10. The van der Waals surface area contributed by atoms with Crippen molar-refractivity contribution in [2.45, 2.75) is 79.2 Å². The molecule has 0 radical (unpaired) electrons. The van der Waals surface area contributed by atoms with Crippen molar-refractivity contribution < 1.29 is 9.53 Å². The molecule has 2 aromatic rings. The summed E-state index contributed by atoms with van der Waals surface area (Å²) in [6.07, 6.45) is 11.8. The SMILES string of the molecule is C/C1=C\CCC(/C(=C\Cc2ccc(C)cc2)CC(=O)NCc2ccc(OCC(C)C)cc2)CCC1. The fraction of sp³-hybridized carbons (Fsp3) is 0.469. The number of carbonyl (C=O) groups is 1. The molecule has 3 nitrogen and oxygen atoms in total. The van der Waals surface area contributed by atoms with Gasteiger partial charge in [0.2, 0.25) is 5.91 Å². The van der Waals surface area contributed by atoms with E-state index >= 15 is 0 Å². The van der Waals surface area contributed by atoms with Gasteiger partial charge in [0, 0.05) is 13.0 Å². The fourth-order valence-electron chi connectivity index (χ4n) is 4.55. The van der Waals surface area contributed by atoms with Crippen molar-refractivity contribution >= 4 is 5.91 Å². The molecular formula is C32H43NO2. The number of nitrogens with one attached hydrogen (secondary N) is 1. The summed E-state index contributed by atoms with van der Waals surface area (Å²) in [6, 6.07) is 16.8. The number of allylic oxidation sites excluding steroid dienone is 3. The zero-order valence-electron chi connectivity index (χ0n) is 22.1. The van der Waals surface area contributed by atoms with Crippen LogP contribution >= 0.6 is 0 Å². The molecule has 0 aliphatic heterocycles. The van der Waals surface area contributed by atoms with Crippen LogP contribution in [0.15, 0.2) is 71.8 Å². The number of ether oxygens (including phenoxy) is 1. The van der Waals surface area contributed by atoms with Gasteiger partial charge in [-0.15, -0.1) is 0 Å². The van der Waals surface area contributed by atoms with Gasteiger partial charge in [0.05, 0.1) is 6.61 Å². The lowest BCUT2D eigenvalue weighted by molar-refractivity contribution is -0.120. The van der Waals surface area contributed by atoms with E-state index in [9.17, 15) is 4.79 Å². The van der Waals surface area contributed by atoms with Gasteiger partial charge in [-0.2, -0.15) is 0 Å². The molecule has 3 rings (SSSR count). The molecule has 35 heavy (non-hydrogen) atoms. The molecule has 0 saturated carbocycles. The summed E-state index contributed by atoms with van der Waals surface area (Å²) in [4.78, 5) is 13.0. The summed E-state index contributed by atoms with van der Waals surface area (Å²) in [7, 11) is 0. The van der Waals surface area contributed by atoms with E-state index in [2.05, 4.69) is 69.4 Å². The fourth-order valence-corrected chi connectivity index (χ4v) is 4.55. The molecule has 0 bridgehead atoms. The van der Waals surface area contributed by atoms with Crippen LogP contribution in [-0.2, 0) is 17.8 Å². The van der Waals surface area contributed by atoms with Gasteiger partial charge in [-0.05, 0) is 87.5 Å². The number of aryl methyl sites for hydroxylation is 1. The maximum atomic E-state index is 13.0. The third-order valence-corrected chi connectivity index (χ3v) is 6.74. The third kappa shape index (κ3) is 9.76. The molecule has 0 heterocycles. The number of carbonyl (C=O) groups excluding carboxylic acids is 1. The lowest BCUT2D eigenvalue weighted by Gasteiger charge is -2.22. The second-order valence-corrected chi connectivity index (χ2v) is 10.5. The van der Waals surface area contributed by atoms with Crippen LogP contribution in [0.3, 0.4) is 0 Å². The number of amides is 1. The van der Waals surface area contributed by atoms with Crippen LogP contribution in [0.4, 0.5) is 0 Å². The van der Waals surface area contributed by atoms with Crippen molar-refractivity contribution in [1.29, 1.82) is 0 Å². The minimum Gasteiger partial charge on any atom is -0.493 e. The lowest BCUT2D eigenvalue weighted by atomic mass is 9.84. The highest BCUT2D eigenvalue weighted by molar-refractivity contribution is 5.78. The first-order chi connectivity index (χ1) is 16.9. The molecule has 1 unspecified atom stereocenters. The minimum absolute atomic E-state index is 0.106. The predicted octanol–water partition coefficient (Wildman–Crippen LogP) is 7.73. The normalized spacial score (nSPS) is 18.4. The monoisotopic (exact) mass is 473 g/mol. The average Bonchev–Trinajstić information content (AvgIpc) is 2.83. The molecule has 1 atom stereocenters. The zero-order valence-corrected chi connectivity index (χ0v) is 22.1. The molecule has 2 aromatic carbocycles. The van der Waals surface area contributed by atoms with Crippen molar-refractivity contribution in [3.8, 4) is 5.75 Å². The quantitative estimate of drug-likeness (QED) is 0.359. The molecule has 1 aliphatic carbocycles. The van der Waals surface area contributed by atoms with Crippen molar-refractivity contribution in [3.63, 3.8) is 0 Å². The van der Waals surface area contributed by atoms with Crippen molar-refractivity contribution in [2.24, 2.45) is 11.8 Å². The molecule has 0 fully saturated rings. The third-order valence-electron chi connectivity index (χ3n) is 6.74. The molecule has 3 heteroatoms. The maximum absolute atomic E-state index is 13.0. The van der Waals surface area contributed by atoms with Crippen LogP contribution in [-0.4, -0.2) is 12.5 Å². The smallest absolute Gasteiger partial charge is 0.224 e. The van der Waals surface area contributed by atoms with Gasteiger partial charge in [0.1, 0.15) is 5.75 Å². The van der Waals surface area contributed by atoms with Crippen molar-refractivity contribution in [3.05, 3.63) is 88.5 Å². The molecule has 0 saturated heterocycles. The summed E-state index contributed by atoms with van der Waals surface area (Å²) in [5.41, 5.74) is 6.47. The minimum atomic E-state index is 0.106. The summed E-state index contributed by atoms with van der Waals surface area (Å²) in [5, 5.41) is 3.15. The molecule has 0 aromatic heterocycles. The molecule has 188 valence electrons. The van der Waals surface area contributed by atoms with Gasteiger partial charge in [0.15, 0.2) is 0 Å². The number of hydrogen-bond acceptors (Lipinski definition) is 2. The number of benzene rings is 2. The first kappa shape index (κ1) is 26.8. The molecule has 0 spiro atoms. The van der Waals surface area contributed by atoms with Gasteiger partial charge >= 0.3 is 0 Å². The van der Waals surface area contributed by atoms with E-state index in [0.717, 1.165) is 37.0 Å². The first-order valence-electron chi connectivity index (χ1n) is 13.3. The molecule has 1 N–H and O–H groups in total. The second-order valence-electron chi connectivity index (χ2n) is 10.5. The topological polar surface area (TPSA) is 38.3 Å². The van der Waals surface area contributed by atoms with Crippen molar-refractivity contribution in [1.82, 2.24) is 5.32 Å². The van der Waals surface area contributed by atoms with Crippen LogP contribution in [0.2, 0.25) is 0 Å². The standard InChI is InChI=1S/C32H43NO2/c1-24(2)23-35-31-19-16-28(17-20-31)22-33-32(34)21-30(18-15-27-13-11-26(4)12-14-27)29-9-5-7-25(3)8-6-10-29/h7,11-14,16-20,24,29H,5-6,8-10,15,21-23H2,1-4H3,(H,33,34)/b25-7+,30-18-. The van der Waals surface area contributed by atoms with Gasteiger partial charge in [-0.3, -0.25) is 4.79 Å². The Kier molecular flexibility index (Phi) is 10.7. The highest BCUT2D eigenvalue weighted by Crippen LogP contribution is 2.30. The van der Waals surface area contributed by atoms with Crippen LogP contribution in [0, 0.1) is 18.8 Å². The Hall–Kier alpha value is -2.81. The van der Waals surface area contributed by atoms with E-state index in [1.807, 2.05) is 24.3 Å². The number of hydrogen-bond donors (Lipinski definition) is 1. The molecule has 1 amide bonds.